The van der Waals surface area contributed by atoms with Gasteiger partial charge in [-0.05, 0) is 45.6 Å². The standard InChI is InChI=1S/C15H18N6OS/c1-10-7-11(2)21-13(17-10)18-14(20-21)23-8-12(22)19-15(9-16)5-3-4-6-15/h7H,3-6,8H2,1-2H3,(H,19,22). The number of aromatic nitrogens is 4. The van der Waals surface area contributed by atoms with Crippen LogP contribution < -0.4 is 5.32 Å². The van der Waals surface area contributed by atoms with Crippen LogP contribution in [0.15, 0.2) is 11.2 Å². The molecule has 2 heterocycles. The van der Waals surface area contributed by atoms with Crippen molar-refractivity contribution in [1.82, 2.24) is 24.9 Å². The summed E-state index contributed by atoms with van der Waals surface area (Å²) in [6, 6.07) is 4.19. The molecule has 2 aromatic rings. The lowest BCUT2D eigenvalue weighted by Gasteiger charge is -2.21. The summed E-state index contributed by atoms with van der Waals surface area (Å²) in [4.78, 5) is 20.8. The van der Waals surface area contributed by atoms with Crippen LogP contribution in [0, 0.1) is 25.2 Å². The Balaban J connectivity index is 1.65. The lowest BCUT2D eigenvalue weighted by Crippen LogP contribution is -2.45. The summed E-state index contributed by atoms with van der Waals surface area (Å²) >= 11 is 1.26. The Morgan fingerprint density at radius 2 is 2.17 bits per heavy atom. The molecule has 7 nitrogen and oxygen atoms in total. The fourth-order valence-corrected chi connectivity index (χ4v) is 3.50. The summed E-state index contributed by atoms with van der Waals surface area (Å²) in [6.07, 6.45) is 3.43. The van der Waals surface area contributed by atoms with E-state index in [2.05, 4.69) is 26.5 Å². The van der Waals surface area contributed by atoms with E-state index in [1.54, 1.807) is 4.52 Å². The van der Waals surface area contributed by atoms with E-state index in [1.807, 2.05) is 19.9 Å². The van der Waals surface area contributed by atoms with Crippen molar-refractivity contribution in [2.24, 2.45) is 0 Å². The maximum atomic E-state index is 12.1. The second-order valence-corrected chi connectivity index (χ2v) is 6.83. The van der Waals surface area contributed by atoms with Crippen LogP contribution in [0.5, 0.6) is 0 Å². The highest BCUT2D eigenvalue weighted by Crippen LogP contribution is 2.29. The fraction of sp³-hybridized carbons (Fsp3) is 0.533. The molecule has 0 atom stereocenters. The third-order valence-corrected chi connectivity index (χ3v) is 4.82. The molecule has 0 bridgehead atoms. The van der Waals surface area contributed by atoms with Crippen LogP contribution in [0.4, 0.5) is 0 Å². The highest BCUT2D eigenvalue weighted by molar-refractivity contribution is 7.99. The molecule has 0 spiro atoms. The van der Waals surface area contributed by atoms with Crippen LogP contribution in [0.2, 0.25) is 0 Å². The van der Waals surface area contributed by atoms with Crippen LogP contribution in [0.3, 0.4) is 0 Å². The largest absolute Gasteiger partial charge is 0.337 e. The first-order valence-electron chi connectivity index (χ1n) is 7.57. The van der Waals surface area contributed by atoms with E-state index >= 15 is 0 Å². The van der Waals surface area contributed by atoms with Crippen LogP contribution in [-0.2, 0) is 4.79 Å². The fourth-order valence-electron chi connectivity index (χ4n) is 2.89. The maximum Gasteiger partial charge on any atom is 0.253 e. The van der Waals surface area contributed by atoms with Gasteiger partial charge in [0.15, 0.2) is 0 Å². The number of amides is 1. The zero-order valence-electron chi connectivity index (χ0n) is 13.2. The predicted molar refractivity (Wildman–Crippen MR) is 85.9 cm³/mol. The molecule has 0 saturated heterocycles. The lowest BCUT2D eigenvalue weighted by molar-refractivity contribution is -0.119. The minimum atomic E-state index is -0.681. The number of carbonyl (C=O) groups excluding carboxylic acids is 1. The summed E-state index contributed by atoms with van der Waals surface area (Å²) in [5, 5.41) is 17.0. The molecular formula is C15H18N6OS. The Morgan fingerprint density at radius 1 is 1.43 bits per heavy atom. The highest BCUT2D eigenvalue weighted by Gasteiger charge is 2.35. The number of aryl methyl sites for hydroxylation is 2. The van der Waals surface area contributed by atoms with Crippen molar-refractivity contribution in [1.29, 1.82) is 5.26 Å². The molecular weight excluding hydrogens is 312 g/mol. The van der Waals surface area contributed by atoms with Gasteiger partial charge in [-0.1, -0.05) is 11.8 Å². The molecule has 3 rings (SSSR count). The average molecular weight is 330 g/mol. The Labute approximate surface area is 138 Å². The molecule has 1 saturated carbocycles. The van der Waals surface area contributed by atoms with E-state index in [0.29, 0.717) is 10.9 Å². The monoisotopic (exact) mass is 330 g/mol. The first-order valence-corrected chi connectivity index (χ1v) is 8.56. The zero-order valence-corrected chi connectivity index (χ0v) is 14.0. The summed E-state index contributed by atoms with van der Waals surface area (Å²) in [6.45, 7) is 3.85. The summed E-state index contributed by atoms with van der Waals surface area (Å²) in [7, 11) is 0. The van der Waals surface area contributed by atoms with Crippen LogP contribution in [-0.4, -0.2) is 36.8 Å². The van der Waals surface area contributed by atoms with Gasteiger partial charge in [0, 0.05) is 11.4 Å². The summed E-state index contributed by atoms with van der Waals surface area (Å²) in [5.74, 6) is 0.575. The van der Waals surface area contributed by atoms with E-state index in [0.717, 1.165) is 37.1 Å². The molecule has 0 aromatic carbocycles. The Hall–Kier alpha value is -2.14. The van der Waals surface area contributed by atoms with Crippen molar-refractivity contribution >= 4 is 23.4 Å². The lowest BCUT2D eigenvalue weighted by atomic mass is 10.0. The van der Waals surface area contributed by atoms with Crippen LogP contribution in [0.1, 0.15) is 37.1 Å². The van der Waals surface area contributed by atoms with Gasteiger partial charge in [-0.2, -0.15) is 10.2 Å². The topological polar surface area (TPSA) is 96.0 Å². The molecule has 1 N–H and O–H groups in total. The van der Waals surface area contributed by atoms with Crippen molar-refractivity contribution in [2.45, 2.75) is 50.2 Å². The molecule has 0 aliphatic heterocycles. The van der Waals surface area contributed by atoms with Crippen molar-refractivity contribution < 1.29 is 4.79 Å². The quantitative estimate of drug-likeness (QED) is 0.859. The van der Waals surface area contributed by atoms with E-state index in [9.17, 15) is 10.1 Å². The molecule has 1 amide bonds. The molecule has 1 aliphatic carbocycles. The molecule has 0 radical (unpaired) electrons. The third kappa shape index (κ3) is 3.29. The van der Waals surface area contributed by atoms with Gasteiger partial charge in [-0.15, -0.1) is 5.10 Å². The van der Waals surface area contributed by atoms with E-state index in [4.69, 9.17) is 0 Å². The maximum absolute atomic E-state index is 12.1. The number of nitrogens with one attached hydrogen (secondary N) is 1. The Kier molecular flexibility index (Phi) is 4.22. The molecule has 8 heteroatoms. The number of rotatable bonds is 4. The molecule has 0 unspecified atom stereocenters. The normalized spacial score (nSPS) is 16.4. The van der Waals surface area contributed by atoms with Gasteiger partial charge in [0.05, 0.1) is 11.8 Å². The SMILES string of the molecule is Cc1cc(C)n2nc(SCC(=O)NC3(C#N)CCCC3)nc2n1. The van der Waals surface area contributed by atoms with Crippen molar-refractivity contribution in [3.05, 3.63) is 17.5 Å². The van der Waals surface area contributed by atoms with Crippen LogP contribution in [0.25, 0.3) is 5.78 Å². The van der Waals surface area contributed by atoms with Gasteiger partial charge in [-0.3, -0.25) is 4.79 Å². The minimum absolute atomic E-state index is 0.154. The number of hydrogen-bond donors (Lipinski definition) is 1. The summed E-state index contributed by atoms with van der Waals surface area (Å²) < 4.78 is 1.67. The Morgan fingerprint density at radius 3 is 2.87 bits per heavy atom. The number of thioether (sulfide) groups is 1. The summed E-state index contributed by atoms with van der Waals surface area (Å²) in [5.41, 5.74) is 1.15. The number of carbonyl (C=O) groups is 1. The van der Waals surface area contributed by atoms with Crippen molar-refractivity contribution in [2.75, 3.05) is 5.75 Å². The third-order valence-electron chi connectivity index (χ3n) is 3.98. The van der Waals surface area contributed by atoms with E-state index in [1.165, 1.54) is 11.8 Å². The van der Waals surface area contributed by atoms with Gasteiger partial charge in [0.25, 0.3) is 5.78 Å². The molecule has 1 fully saturated rings. The highest BCUT2D eigenvalue weighted by atomic mass is 32.2. The number of fused-ring (bicyclic) bond motifs is 1. The van der Waals surface area contributed by atoms with Crippen LogP contribution >= 0.6 is 11.8 Å². The van der Waals surface area contributed by atoms with E-state index in [-0.39, 0.29) is 11.7 Å². The molecule has 2 aromatic heterocycles. The number of nitrogens with zero attached hydrogens (tertiary/aromatic N) is 5. The number of nitriles is 1. The smallest absolute Gasteiger partial charge is 0.253 e. The first-order chi connectivity index (χ1) is 11.0. The average Bonchev–Trinajstić information content (AvgIpc) is 3.12. The van der Waals surface area contributed by atoms with Gasteiger partial charge < -0.3 is 5.32 Å². The molecule has 120 valence electrons. The van der Waals surface area contributed by atoms with Gasteiger partial charge >= 0.3 is 0 Å². The van der Waals surface area contributed by atoms with E-state index < -0.39 is 5.54 Å². The van der Waals surface area contributed by atoms with Crippen molar-refractivity contribution in [3.63, 3.8) is 0 Å². The molecule has 23 heavy (non-hydrogen) atoms. The minimum Gasteiger partial charge on any atom is -0.337 e. The van der Waals surface area contributed by atoms with Gasteiger partial charge in [0.2, 0.25) is 11.1 Å². The van der Waals surface area contributed by atoms with Gasteiger partial charge in [0.1, 0.15) is 5.54 Å². The predicted octanol–water partition coefficient (Wildman–Crippen LogP) is 1.79. The Bertz CT molecular complexity index is 787. The second-order valence-electron chi connectivity index (χ2n) is 5.88. The molecule has 1 aliphatic rings. The van der Waals surface area contributed by atoms with Crippen molar-refractivity contribution in [3.8, 4) is 6.07 Å². The number of hydrogen-bond acceptors (Lipinski definition) is 6. The zero-order chi connectivity index (χ0) is 16.4. The van der Waals surface area contributed by atoms with Gasteiger partial charge in [-0.25, -0.2) is 9.50 Å². The second kappa shape index (κ2) is 6.16. The first kappa shape index (κ1) is 15.7.